The number of hydrogen-bond acceptors (Lipinski definition) is 4. The van der Waals surface area contributed by atoms with E-state index in [4.69, 9.17) is 16.3 Å². The van der Waals surface area contributed by atoms with E-state index in [0.29, 0.717) is 13.0 Å². The van der Waals surface area contributed by atoms with Crippen molar-refractivity contribution in [2.24, 2.45) is 0 Å². The van der Waals surface area contributed by atoms with Crippen molar-refractivity contribution in [2.75, 3.05) is 19.7 Å². The zero-order valence-electron chi connectivity index (χ0n) is 15.0. The van der Waals surface area contributed by atoms with Crippen LogP contribution in [0.15, 0.2) is 48.5 Å². The van der Waals surface area contributed by atoms with Crippen molar-refractivity contribution >= 4 is 27.5 Å². The van der Waals surface area contributed by atoms with E-state index in [1.165, 1.54) is 17.0 Å². The third-order valence-electron chi connectivity index (χ3n) is 4.51. The number of halogens is 2. The summed E-state index contributed by atoms with van der Waals surface area (Å²) in [6.07, 6.45) is 0.359. The van der Waals surface area contributed by atoms with Crippen molar-refractivity contribution < 1.29 is 22.3 Å². The summed E-state index contributed by atoms with van der Waals surface area (Å²) < 4.78 is 46.1. The molecule has 0 unspecified atom stereocenters. The first-order chi connectivity index (χ1) is 13.3. The number of amides is 1. The van der Waals surface area contributed by atoms with E-state index >= 15 is 0 Å². The fraction of sp³-hybridized carbons (Fsp3) is 0.316. The maximum absolute atomic E-state index is 13.1. The summed E-state index contributed by atoms with van der Waals surface area (Å²) in [5, 5.41) is -0.762. The van der Waals surface area contributed by atoms with E-state index in [1.54, 1.807) is 0 Å². The Bertz CT molecular complexity index is 940. The molecule has 1 heterocycles. The standard InChI is InChI=1S/C19H20ClFN2O4S/c20-17-10-15(6-7-18(17)21)27-13-19(24)23-9-8-16(12-23)28(25,26)22-11-14-4-2-1-3-5-14/h1-7,10,16,22H,8-9,11-13H2/t16-/m1/s1. The van der Waals surface area contributed by atoms with Gasteiger partial charge >= 0.3 is 0 Å². The van der Waals surface area contributed by atoms with Gasteiger partial charge in [0.1, 0.15) is 11.6 Å². The van der Waals surface area contributed by atoms with Gasteiger partial charge in [-0.05, 0) is 24.1 Å². The maximum atomic E-state index is 13.1. The quantitative estimate of drug-likeness (QED) is 0.738. The highest BCUT2D eigenvalue weighted by Gasteiger charge is 2.35. The van der Waals surface area contributed by atoms with Gasteiger partial charge in [-0.2, -0.15) is 0 Å². The first kappa shape index (κ1) is 20.6. The van der Waals surface area contributed by atoms with Crippen LogP contribution in [0, 0.1) is 5.82 Å². The number of nitrogens with zero attached hydrogens (tertiary/aromatic N) is 1. The highest BCUT2D eigenvalue weighted by Crippen LogP contribution is 2.22. The molecule has 1 aliphatic heterocycles. The molecule has 2 aromatic rings. The summed E-state index contributed by atoms with van der Waals surface area (Å²) >= 11 is 5.68. The molecule has 0 radical (unpaired) electrons. The van der Waals surface area contributed by atoms with Crippen LogP contribution in [-0.4, -0.2) is 44.2 Å². The van der Waals surface area contributed by atoms with E-state index in [1.807, 2.05) is 30.3 Å². The summed E-state index contributed by atoms with van der Waals surface area (Å²) in [5.41, 5.74) is 0.864. The molecular formula is C19H20ClFN2O4S. The summed E-state index contributed by atoms with van der Waals surface area (Å²) in [4.78, 5) is 13.8. The van der Waals surface area contributed by atoms with Crippen LogP contribution in [-0.2, 0) is 21.4 Å². The van der Waals surface area contributed by atoms with Crippen LogP contribution in [0.5, 0.6) is 5.75 Å². The van der Waals surface area contributed by atoms with E-state index in [0.717, 1.165) is 11.6 Å². The highest BCUT2D eigenvalue weighted by atomic mass is 35.5. The Kier molecular flexibility index (Phi) is 6.53. The van der Waals surface area contributed by atoms with Gasteiger partial charge in [-0.15, -0.1) is 0 Å². The van der Waals surface area contributed by atoms with Crippen molar-refractivity contribution in [1.29, 1.82) is 0 Å². The molecule has 9 heteroatoms. The van der Waals surface area contributed by atoms with E-state index in [-0.39, 0.29) is 36.4 Å². The number of sulfonamides is 1. The van der Waals surface area contributed by atoms with Gasteiger partial charge in [0.05, 0.1) is 10.3 Å². The number of ether oxygens (including phenoxy) is 1. The molecule has 28 heavy (non-hydrogen) atoms. The maximum Gasteiger partial charge on any atom is 0.260 e. The second-order valence-electron chi connectivity index (χ2n) is 6.47. The van der Waals surface area contributed by atoms with Crippen molar-refractivity contribution in [2.45, 2.75) is 18.2 Å². The Hall–Kier alpha value is -2.16. The molecule has 6 nitrogen and oxygen atoms in total. The van der Waals surface area contributed by atoms with Gasteiger partial charge < -0.3 is 9.64 Å². The van der Waals surface area contributed by atoms with E-state index in [9.17, 15) is 17.6 Å². The normalized spacial score (nSPS) is 16.9. The van der Waals surface area contributed by atoms with E-state index in [2.05, 4.69) is 4.72 Å². The molecular weight excluding hydrogens is 407 g/mol. The average molecular weight is 427 g/mol. The zero-order valence-corrected chi connectivity index (χ0v) is 16.5. The molecule has 2 aromatic carbocycles. The summed E-state index contributed by atoms with van der Waals surface area (Å²) in [5.74, 6) is -0.634. The van der Waals surface area contributed by atoms with Gasteiger partial charge in [-0.25, -0.2) is 17.5 Å². The number of carbonyl (C=O) groups is 1. The van der Waals surface area contributed by atoms with Crippen LogP contribution in [0.25, 0.3) is 0 Å². The molecule has 150 valence electrons. The molecule has 1 atom stereocenters. The molecule has 1 N–H and O–H groups in total. The Labute approximate surface area is 168 Å². The second-order valence-corrected chi connectivity index (χ2v) is 8.92. The number of benzene rings is 2. The molecule has 1 aliphatic rings. The molecule has 0 saturated carbocycles. The summed E-state index contributed by atoms with van der Waals surface area (Å²) in [6.45, 7) is 0.383. The van der Waals surface area contributed by atoms with Gasteiger partial charge in [0.2, 0.25) is 10.0 Å². The van der Waals surface area contributed by atoms with Crippen LogP contribution in [0.3, 0.4) is 0 Å². The fourth-order valence-electron chi connectivity index (χ4n) is 2.91. The van der Waals surface area contributed by atoms with Gasteiger partial charge in [-0.3, -0.25) is 4.79 Å². The topological polar surface area (TPSA) is 75.7 Å². The van der Waals surface area contributed by atoms with Crippen LogP contribution >= 0.6 is 11.6 Å². The number of likely N-dealkylation sites (tertiary alicyclic amines) is 1. The minimum atomic E-state index is -3.55. The van der Waals surface area contributed by atoms with Crippen LogP contribution in [0.2, 0.25) is 5.02 Å². The lowest BCUT2D eigenvalue weighted by atomic mass is 10.2. The zero-order chi connectivity index (χ0) is 20.1. The molecule has 0 bridgehead atoms. The average Bonchev–Trinajstić information content (AvgIpc) is 3.19. The molecule has 0 spiro atoms. The van der Waals surface area contributed by atoms with Crippen molar-refractivity contribution in [3.05, 3.63) is 64.9 Å². The third kappa shape index (κ3) is 5.21. The Morgan fingerprint density at radius 2 is 2.00 bits per heavy atom. The van der Waals surface area contributed by atoms with Crippen LogP contribution < -0.4 is 9.46 Å². The fourth-order valence-corrected chi connectivity index (χ4v) is 4.47. The predicted molar refractivity (Wildman–Crippen MR) is 104 cm³/mol. The Balaban J connectivity index is 1.50. The minimum Gasteiger partial charge on any atom is -0.484 e. The molecule has 1 saturated heterocycles. The number of hydrogen-bond donors (Lipinski definition) is 1. The number of carbonyl (C=O) groups excluding carboxylic acids is 1. The van der Waals surface area contributed by atoms with Crippen molar-refractivity contribution in [3.8, 4) is 5.75 Å². The van der Waals surface area contributed by atoms with E-state index < -0.39 is 21.1 Å². The first-order valence-corrected chi connectivity index (χ1v) is 10.7. The number of rotatable bonds is 7. The van der Waals surface area contributed by atoms with Gasteiger partial charge in [-0.1, -0.05) is 41.9 Å². The second kappa shape index (κ2) is 8.89. The summed E-state index contributed by atoms with van der Waals surface area (Å²) in [7, 11) is -3.55. The molecule has 0 aliphatic carbocycles. The smallest absolute Gasteiger partial charge is 0.260 e. The van der Waals surface area contributed by atoms with Crippen molar-refractivity contribution in [3.63, 3.8) is 0 Å². The Morgan fingerprint density at radius 1 is 1.25 bits per heavy atom. The molecule has 3 rings (SSSR count). The lowest BCUT2D eigenvalue weighted by Gasteiger charge is -2.17. The first-order valence-electron chi connectivity index (χ1n) is 8.73. The van der Waals surface area contributed by atoms with Gasteiger partial charge in [0.15, 0.2) is 6.61 Å². The number of nitrogens with one attached hydrogen (secondary N) is 1. The third-order valence-corrected chi connectivity index (χ3v) is 6.61. The lowest BCUT2D eigenvalue weighted by Crippen LogP contribution is -2.38. The largest absolute Gasteiger partial charge is 0.484 e. The molecule has 1 fully saturated rings. The van der Waals surface area contributed by atoms with Crippen LogP contribution in [0.4, 0.5) is 4.39 Å². The molecule has 1 amide bonds. The summed E-state index contributed by atoms with van der Waals surface area (Å²) in [6, 6.07) is 13.0. The lowest BCUT2D eigenvalue weighted by molar-refractivity contribution is -0.132. The van der Waals surface area contributed by atoms with Gasteiger partial charge in [0, 0.05) is 25.7 Å². The van der Waals surface area contributed by atoms with Gasteiger partial charge in [0.25, 0.3) is 5.91 Å². The molecule has 0 aromatic heterocycles. The minimum absolute atomic E-state index is 0.0956. The highest BCUT2D eigenvalue weighted by molar-refractivity contribution is 7.90. The van der Waals surface area contributed by atoms with Crippen LogP contribution in [0.1, 0.15) is 12.0 Å². The van der Waals surface area contributed by atoms with Crippen molar-refractivity contribution in [1.82, 2.24) is 9.62 Å². The SMILES string of the molecule is O=C(COc1ccc(F)c(Cl)c1)N1CC[C@@H](S(=O)(=O)NCc2ccccc2)C1. The monoisotopic (exact) mass is 426 g/mol. The Morgan fingerprint density at radius 3 is 2.71 bits per heavy atom. The predicted octanol–water partition coefficient (Wildman–Crippen LogP) is 2.58.